The van der Waals surface area contributed by atoms with E-state index >= 15 is 0 Å². The molecule has 0 aliphatic rings. The molecule has 5 heteroatoms. The van der Waals surface area contributed by atoms with E-state index in [1.54, 1.807) is 19.0 Å². The minimum atomic E-state index is -1.03. The number of pyridine rings is 1. The van der Waals surface area contributed by atoms with Gasteiger partial charge < -0.3 is 10.0 Å². The lowest BCUT2D eigenvalue weighted by molar-refractivity contribution is 0.0697. The average molecular weight is 201 g/mol. The van der Waals surface area contributed by atoms with E-state index in [2.05, 4.69) is 4.98 Å². The number of carbonyl (C=O) groups is 1. The molecule has 0 saturated carbocycles. The number of carboxylic acids is 1. The van der Waals surface area contributed by atoms with Crippen molar-refractivity contribution in [2.24, 2.45) is 0 Å². The van der Waals surface area contributed by atoms with Crippen molar-refractivity contribution in [2.75, 3.05) is 19.0 Å². The molecular weight excluding hydrogens is 192 g/mol. The Morgan fingerprint density at radius 3 is 2.69 bits per heavy atom. The Labute approximate surface area is 80.8 Å². The molecule has 0 atom stereocenters. The molecule has 1 heterocycles. The molecule has 0 unspecified atom stereocenters. The molecule has 0 aromatic carbocycles. The first-order valence-electron chi connectivity index (χ1n) is 3.58. The highest BCUT2D eigenvalue weighted by Gasteiger charge is 2.13. The van der Waals surface area contributed by atoms with Gasteiger partial charge in [-0.3, -0.25) is 0 Å². The summed E-state index contributed by atoms with van der Waals surface area (Å²) in [4.78, 5) is 16.3. The van der Waals surface area contributed by atoms with E-state index in [-0.39, 0.29) is 5.56 Å². The summed E-state index contributed by atoms with van der Waals surface area (Å²) in [6.07, 6.45) is 1.42. The second-order valence-electron chi connectivity index (χ2n) is 2.72. The van der Waals surface area contributed by atoms with Gasteiger partial charge in [0.05, 0.1) is 5.02 Å². The van der Waals surface area contributed by atoms with Crippen LogP contribution in [0.4, 0.5) is 5.82 Å². The normalized spacial score (nSPS) is 9.77. The van der Waals surface area contributed by atoms with Crippen LogP contribution in [0.25, 0.3) is 0 Å². The van der Waals surface area contributed by atoms with E-state index in [1.807, 2.05) is 0 Å². The van der Waals surface area contributed by atoms with Gasteiger partial charge in [0.25, 0.3) is 0 Å². The lowest BCUT2D eigenvalue weighted by Crippen LogP contribution is -2.15. The predicted octanol–water partition coefficient (Wildman–Crippen LogP) is 1.50. The summed E-state index contributed by atoms with van der Waals surface area (Å²) in [5.74, 6) is -0.629. The summed E-state index contributed by atoms with van der Waals surface area (Å²) in [7, 11) is 3.45. The monoisotopic (exact) mass is 200 g/mol. The Morgan fingerprint density at radius 1 is 1.62 bits per heavy atom. The second kappa shape index (κ2) is 3.62. The molecule has 1 aromatic heterocycles. The summed E-state index contributed by atoms with van der Waals surface area (Å²) in [6, 6.07) is 1.38. The number of halogens is 1. The highest BCUT2D eigenvalue weighted by Crippen LogP contribution is 2.19. The molecule has 4 nitrogen and oxygen atoms in total. The number of hydrogen-bond donors (Lipinski definition) is 1. The van der Waals surface area contributed by atoms with Gasteiger partial charge in [0.1, 0.15) is 11.4 Å². The van der Waals surface area contributed by atoms with Crippen molar-refractivity contribution in [1.29, 1.82) is 0 Å². The van der Waals surface area contributed by atoms with Crippen molar-refractivity contribution in [3.8, 4) is 0 Å². The summed E-state index contributed by atoms with van der Waals surface area (Å²) in [5, 5.41) is 9.14. The van der Waals surface area contributed by atoms with E-state index in [0.29, 0.717) is 10.8 Å². The van der Waals surface area contributed by atoms with Crippen molar-refractivity contribution in [1.82, 2.24) is 4.98 Å². The molecule has 70 valence electrons. The molecule has 1 aromatic rings. The minimum absolute atomic E-state index is 0.109. The Hall–Kier alpha value is -1.29. The lowest BCUT2D eigenvalue weighted by atomic mass is 10.2. The van der Waals surface area contributed by atoms with Crippen LogP contribution in [-0.4, -0.2) is 30.2 Å². The Bertz CT molecular complexity index is 339. The summed E-state index contributed by atoms with van der Waals surface area (Å²) in [5.41, 5.74) is 0.109. The fourth-order valence-electron chi connectivity index (χ4n) is 0.946. The van der Waals surface area contributed by atoms with Gasteiger partial charge in [0, 0.05) is 20.3 Å². The summed E-state index contributed by atoms with van der Waals surface area (Å²) in [6.45, 7) is 0. The van der Waals surface area contributed by atoms with Crippen LogP contribution >= 0.6 is 11.6 Å². The fourth-order valence-corrected chi connectivity index (χ4v) is 1.10. The second-order valence-corrected chi connectivity index (χ2v) is 3.16. The van der Waals surface area contributed by atoms with Gasteiger partial charge in [0.2, 0.25) is 0 Å². The van der Waals surface area contributed by atoms with Crippen LogP contribution in [0.5, 0.6) is 0 Å². The maximum atomic E-state index is 10.8. The molecule has 0 saturated heterocycles. The van der Waals surface area contributed by atoms with Crippen molar-refractivity contribution in [3.05, 3.63) is 22.8 Å². The van der Waals surface area contributed by atoms with Gasteiger partial charge in [-0.25, -0.2) is 9.78 Å². The largest absolute Gasteiger partial charge is 0.478 e. The molecule has 0 aliphatic heterocycles. The molecular formula is C8H9ClN2O2. The standard InChI is InChI=1S/C8H9ClN2O2/c1-11(2)7-6(8(12)13)3-5(9)4-10-7/h3-4H,1-2H3,(H,12,13). The summed E-state index contributed by atoms with van der Waals surface area (Å²) >= 11 is 5.62. The van der Waals surface area contributed by atoms with Gasteiger partial charge in [0.15, 0.2) is 0 Å². The molecule has 0 bridgehead atoms. The van der Waals surface area contributed by atoms with Gasteiger partial charge in [-0.15, -0.1) is 0 Å². The fraction of sp³-hybridized carbons (Fsp3) is 0.250. The first-order valence-corrected chi connectivity index (χ1v) is 3.96. The van der Waals surface area contributed by atoms with Crippen LogP contribution in [0.3, 0.4) is 0 Å². The first-order chi connectivity index (χ1) is 6.02. The quantitative estimate of drug-likeness (QED) is 0.786. The molecule has 0 radical (unpaired) electrons. The number of rotatable bonds is 2. The van der Waals surface area contributed by atoms with E-state index in [9.17, 15) is 4.79 Å². The molecule has 13 heavy (non-hydrogen) atoms. The molecule has 0 fully saturated rings. The van der Waals surface area contributed by atoms with Gasteiger partial charge in [-0.05, 0) is 6.07 Å². The maximum Gasteiger partial charge on any atom is 0.339 e. The molecule has 1 rings (SSSR count). The first kappa shape index (κ1) is 9.80. The van der Waals surface area contributed by atoms with Crippen LogP contribution in [0.1, 0.15) is 10.4 Å². The van der Waals surface area contributed by atoms with Crippen molar-refractivity contribution in [3.63, 3.8) is 0 Å². The zero-order chi connectivity index (χ0) is 10.0. The van der Waals surface area contributed by atoms with E-state index in [4.69, 9.17) is 16.7 Å². The highest BCUT2D eigenvalue weighted by molar-refractivity contribution is 6.30. The van der Waals surface area contributed by atoms with Gasteiger partial charge >= 0.3 is 5.97 Å². The van der Waals surface area contributed by atoms with Crippen molar-refractivity contribution < 1.29 is 9.90 Å². The molecule has 1 N–H and O–H groups in total. The Balaban J connectivity index is 3.27. The number of aromatic carboxylic acids is 1. The van der Waals surface area contributed by atoms with Gasteiger partial charge in [-0.1, -0.05) is 11.6 Å². The number of nitrogens with zero attached hydrogens (tertiary/aromatic N) is 2. The Kier molecular flexibility index (Phi) is 2.72. The zero-order valence-electron chi connectivity index (χ0n) is 7.28. The molecule has 0 spiro atoms. The molecule has 0 amide bonds. The van der Waals surface area contributed by atoms with Gasteiger partial charge in [-0.2, -0.15) is 0 Å². The smallest absolute Gasteiger partial charge is 0.339 e. The number of aromatic nitrogens is 1. The highest BCUT2D eigenvalue weighted by atomic mass is 35.5. The number of carboxylic acid groups (broad SMARTS) is 1. The number of anilines is 1. The van der Waals surface area contributed by atoms with E-state index in [0.717, 1.165) is 0 Å². The van der Waals surface area contributed by atoms with Crippen LogP contribution in [0.2, 0.25) is 5.02 Å². The zero-order valence-corrected chi connectivity index (χ0v) is 8.04. The Morgan fingerprint density at radius 2 is 2.23 bits per heavy atom. The SMILES string of the molecule is CN(C)c1ncc(Cl)cc1C(=O)O. The topological polar surface area (TPSA) is 53.4 Å². The van der Waals surface area contributed by atoms with E-state index < -0.39 is 5.97 Å². The third kappa shape index (κ3) is 2.09. The third-order valence-corrected chi connectivity index (χ3v) is 1.69. The van der Waals surface area contributed by atoms with Crippen LogP contribution in [-0.2, 0) is 0 Å². The average Bonchev–Trinajstić information content (AvgIpc) is 2.03. The van der Waals surface area contributed by atoms with E-state index in [1.165, 1.54) is 12.3 Å². The maximum absolute atomic E-state index is 10.8. The third-order valence-electron chi connectivity index (χ3n) is 1.49. The summed E-state index contributed by atoms with van der Waals surface area (Å²) < 4.78 is 0. The van der Waals surface area contributed by atoms with Crippen LogP contribution in [0, 0.1) is 0 Å². The predicted molar refractivity (Wildman–Crippen MR) is 50.5 cm³/mol. The van der Waals surface area contributed by atoms with Crippen LogP contribution in [0.15, 0.2) is 12.3 Å². The van der Waals surface area contributed by atoms with Crippen LogP contribution < -0.4 is 4.90 Å². The van der Waals surface area contributed by atoms with Crippen molar-refractivity contribution in [2.45, 2.75) is 0 Å². The lowest BCUT2D eigenvalue weighted by Gasteiger charge is -2.13. The number of hydrogen-bond acceptors (Lipinski definition) is 3. The minimum Gasteiger partial charge on any atom is -0.478 e. The molecule has 0 aliphatic carbocycles. The van der Waals surface area contributed by atoms with Crippen molar-refractivity contribution >= 4 is 23.4 Å².